The van der Waals surface area contributed by atoms with Crippen molar-refractivity contribution in [2.45, 2.75) is 71.6 Å². The van der Waals surface area contributed by atoms with Crippen LogP contribution in [0, 0.1) is 11.8 Å². The fraction of sp³-hybridized carbons (Fsp3) is 0.583. The topological polar surface area (TPSA) is 107 Å². The Morgan fingerprint density at radius 1 is 1.24 bits per heavy atom. The fourth-order valence-electron chi connectivity index (χ4n) is 4.09. The molecule has 1 atom stereocenters. The summed E-state index contributed by atoms with van der Waals surface area (Å²) in [7, 11) is 1.57. The van der Waals surface area contributed by atoms with E-state index in [4.69, 9.17) is 9.47 Å². The number of carbonyl (C=O) groups excluding carboxylic acids is 2. The summed E-state index contributed by atoms with van der Waals surface area (Å²) in [5, 5.41) is 10.1. The predicted octanol–water partition coefficient (Wildman–Crippen LogP) is 3.99. The summed E-state index contributed by atoms with van der Waals surface area (Å²) >= 11 is 0. The SMILES string of the molecule is COc1ncccc1Cn1cc(NC(=O)C(NC(=O)OC(C)(C)C)C2CCC(C)CC2)cn1. The third-order valence-corrected chi connectivity index (χ3v) is 5.76. The summed E-state index contributed by atoms with van der Waals surface area (Å²) in [6.07, 6.45) is 8.27. The quantitative estimate of drug-likeness (QED) is 0.651. The number of anilines is 1. The molecule has 1 fully saturated rings. The minimum Gasteiger partial charge on any atom is -0.481 e. The first kappa shape index (κ1) is 24.5. The van der Waals surface area contributed by atoms with E-state index in [1.165, 1.54) is 0 Å². The zero-order valence-corrected chi connectivity index (χ0v) is 20.1. The van der Waals surface area contributed by atoms with E-state index in [9.17, 15) is 9.59 Å². The molecule has 180 valence electrons. The lowest BCUT2D eigenvalue weighted by Gasteiger charge is -2.32. The highest BCUT2D eigenvalue weighted by molar-refractivity contribution is 5.96. The van der Waals surface area contributed by atoms with Crippen LogP contribution < -0.4 is 15.4 Å². The lowest BCUT2D eigenvalue weighted by atomic mass is 9.79. The molecular formula is C24H35N5O4. The van der Waals surface area contributed by atoms with Crippen LogP contribution in [0.3, 0.4) is 0 Å². The number of aromatic nitrogens is 3. The van der Waals surface area contributed by atoms with Gasteiger partial charge in [-0.05, 0) is 51.5 Å². The second-order valence-electron chi connectivity index (χ2n) is 9.73. The molecule has 2 amide bonds. The summed E-state index contributed by atoms with van der Waals surface area (Å²) in [6, 6.07) is 3.08. The van der Waals surface area contributed by atoms with Crippen molar-refractivity contribution in [2.24, 2.45) is 11.8 Å². The lowest BCUT2D eigenvalue weighted by Crippen LogP contribution is -2.50. The molecule has 0 saturated heterocycles. The Morgan fingerprint density at radius 3 is 2.64 bits per heavy atom. The molecule has 1 aliphatic rings. The minimum absolute atomic E-state index is 0.0587. The molecular weight excluding hydrogens is 422 g/mol. The van der Waals surface area contributed by atoms with Crippen molar-refractivity contribution in [3.63, 3.8) is 0 Å². The Labute approximate surface area is 195 Å². The molecule has 0 aromatic carbocycles. The molecule has 0 spiro atoms. The Bertz CT molecular complexity index is 944. The van der Waals surface area contributed by atoms with Gasteiger partial charge in [0.2, 0.25) is 11.8 Å². The maximum atomic E-state index is 13.2. The summed E-state index contributed by atoms with van der Waals surface area (Å²) < 4.78 is 12.4. The molecule has 33 heavy (non-hydrogen) atoms. The first-order chi connectivity index (χ1) is 15.6. The number of methoxy groups -OCH3 is 1. The normalized spacial score (nSPS) is 19.4. The van der Waals surface area contributed by atoms with Crippen LogP contribution in [0.5, 0.6) is 5.88 Å². The third kappa shape index (κ3) is 7.20. The molecule has 0 aliphatic heterocycles. The maximum absolute atomic E-state index is 13.2. The number of alkyl carbamates (subject to hydrolysis) is 1. The van der Waals surface area contributed by atoms with Crippen LogP contribution in [0.15, 0.2) is 30.7 Å². The van der Waals surface area contributed by atoms with Gasteiger partial charge in [0.15, 0.2) is 0 Å². The van der Waals surface area contributed by atoms with E-state index in [0.29, 0.717) is 24.0 Å². The summed E-state index contributed by atoms with van der Waals surface area (Å²) in [5.41, 5.74) is 0.797. The standard InChI is InChI=1S/C24H35N5O4/c1-16-8-10-17(11-9-16)20(28-23(31)33-24(2,3)4)21(30)27-19-13-26-29(15-19)14-18-7-6-12-25-22(18)32-5/h6-7,12-13,15-17,20H,8-11,14H2,1-5H3,(H,27,30)(H,28,31). The van der Waals surface area contributed by atoms with Crippen LogP contribution >= 0.6 is 0 Å². The summed E-state index contributed by atoms with van der Waals surface area (Å²) in [5.74, 6) is 0.961. The van der Waals surface area contributed by atoms with Crippen molar-refractivity contribution in [3.05, 3.63) is 36.3 Å². The van der Waals surface area contributed by atoms with Gasteiger partial charge in [-0.3, -0.25) is 9.48 Å². The molecule has 2 heterocycles. The van der Waals surface area contributed by atoms with Gasteiger partial charge >= 0.3 is 6.09 Å². The number of nitrogens with one attached hydrogen (secondary N) is 2. The van der Waals surface area contributed by atoms with Crippen LogP contribution in [0.1, 0.15) is 58.9 Å². The van der Waals surface area contributed by atoms with Crippen molar-refractivity contribution in [2.75, 3.05) is 12.4 Å². The number of rotatable bonds is 7. The van der Waals surface area contributed by atoms with Crippen LogP contribution in [0.2, 0.25) is 0 Å². The zero-order chi connectivity index (χ0) is 24.0. The molecule has 0 bridgehead atoms. The Morgan fingerprint density at radius 2 is 1.97 bits per heavy atom. The number of amides is 2. The molecule has 1 saturated carbocycles. The minimum atomic E-state index is -0.672. The van der Waals surface area contributed by atoms with E-state index in [0.717, 1.165) is 31.2 Å². The monoisotopic (exact) mass is 457 g/mol. The molecule has 2 aromatic heterocycles. The smallest absolute Gasteiger partial charge is 0.408 e. The van der Waals surface area contributed by atoms with Crippen LogP contribution in [-0.4, -0.2) is 45.5 Å². The Kier molecular flexibility index (Phi) is 7.94. The molecule has 2 aromatic rings. The average molecular weight is 458 g/mol. The van der Waals surface area contributed by atoms with Gasteiger partial charge in [-0.1, -0.05) is 25.8 Å². The molecule has 9 heteroatoms. The number of pyridine rings is 1. The average Bonchev–Trinajstić information content (AvgIpc) is 3.18. The summed E-state index contributed by atoms with van der Waals surface area (Å²) in [4.78, 5) is 29.9. The van der Waals surface area contributed by atoms with Crippen molar-refractivity contribution >= 4 is 17.7 Å². The second kappa shape index (κ2) is 10.7. The molecule has 0 radical (unpaired) electrons. The van der Waals surface area contributed by atoms with Crippen molar-refractivity contribution in [1.29, 1.82) is 0 Å². The van der Waals surface area contributed by atoms with Gasteiger partial charge < -0.3 is 20.1 Å². The second-order valence-corrected chi connectivity index (χ2v) is 9.73. The van der Waals surface area contributed by atoms with E-state index in [1.807, 2.05) is 12.1 Å². The van der Waals surface area contributed by atoms with Crippen molar-refractivity contribution in [1.82, 2.24) is 20.1 Å². The van der Waals surface area contributed by atoms with Crippen LogP contribution in [0.4, 0.5) is 10.5 Å². The molecule has 1 aliphatic carbocycles. The van der Waals surface area contributed by atoms with Gasteiger partial charge in [0.25, 0.3) is 0 Å². The third-order valence-electron chi connectivity index (χ3n) is 5.76. The number of carbonyl (C=O) groups is 2. The van der Waals surface area contributed by atoms with E-state index >= 15 is 0 Å². The molecule has 3 rings (SSSR count). The first-order valence-corrected chi connectivity index (χ1v) is 11.5. The van der Waals surface area contributed by atoms with Crippen molar-refractivity contribution < 1.29 is 19.1 Å². The van der Waals surface area contributed by atoms with Crippen LogP contribution in [0.25, 0.3) is 0 Å². The number of nitrogens with zero attached hydrogens (tertiary/aromatic N) is 3. The Balaban J connectivity index is 1.69. The highest BCUT2D eigenvalue weighted by Crippen LogP contribution is 2.31. The first-order valence-electron chi connectivity index (χ1n) is 11.5. The zero-order valence-electron chi connectivity index (χ0n) is 20.1. The fourth-order valence-corrected chi connectivity index (χ4v) is 4.09. The highest BCUT2D eigenvalue weighted by Gasteiger charge is 2.34. The predicted molar refractivity (Wildman–Crippen MR) is 125 cm³/mol. The molecule has 1 unspecified atom stereocenters. The molecule has 2 N–H and O–H groups in total. The molecule has 9 nitrogen and oxygen atoms in total. The van der Waals surface area contributed by atoms with Crippen molar-refractivity contribution in [3.8, 4) is 5.88 Å². The van der Waals surface area contributed by atoms with Gasteiger partial charge in [-0.2, -0.15) is 5.10 Å². The Hall–Kier alpha value is -3.10. The van der Waals surface area contributed by atoms with Gasteiger partial charge in [0, 0.05) is 18.0 Å². The maximum Gasteiger partial charge on any atom is 0.408 e. The highest BCUT2D eigenvalue weighted by atomic mass is 16.6. The van der Waals surface area contributed by atoms with Gasteiger partial charge in [-0.15, -0.1) is 0 Å². The van der Waals surface area contributed by atoms with Gasteiger partial charge in [0.1, 0.15) is 11.6 Å². The van der Waals surface area contributed by atoms with Gasteiger partial charge in [0.05, 0.1) is 25.5 Å². The summed E-state index contributed by atoms with van der Waals surface area (Å²) in [6.45, 7) is 8.08. The number of hydrogen-bond acceptors (Lipinski definition) is 6. The number of hydrogen-bond donors (Lipinski definition) is 2. The van der Waals surface area contributed by atoms with Crippen LogP contribution in [-0.2, 0) is 16.1 Å². The lowest BCUT2D eigenvalue weighted by molar-refractivity contribution is -0.119. The van der Waals surface area contributed by atoms with E-state index in [1.54, 1.807) is 51.2 Å². The number of ether oxygens (including phenoxy) is 2. The van der Waals surface area contributed by atoms with E-state index in [-0.39, 0.29) is 11.8 Å². The van der Waals surface area contributed by atoms with Gasteiger partial charge in [-0.25, -0.2) is 9.78 Å². The van der Waals surface area contributed by atoms with E-state index < -0.39 is 17.7 Å². The largest absolute Gasteiger partial charge is 0.481 e. The van der Waals surface area contributed by atoms with E-state index in [2.05, 4.69) is 27.6 Å².